The molecule has 0 bridgehead atoms. The summed E-state index contributed by atoms with van der Waals surface area (Å²) in [5.41, 5.74) is -1.31. The number of aliphatic hydroxyl groups excluding tert-OH is 2. The fourth-order valence-electron chi connectivity index (χ4n) is 3.65. The Morgan fingerprint density at radius 3 is 2.33 bits per heavy atom. The summed E-state index contributed by atoms with van der Waals surface area (Å²) in [7, 11) is 0. The molecule has 30 heavy (non-hydrogen) atoms. The summed E-state index contributed by atoms with van der Waals surface area (Å²) in [5, 5.41) is 23.1. The molecule has 1 aliphatic rings. The van der Waals surface area contributed by atoms with Crippen molar-refractivity contribution in [1.82, 2.24) is 14.9 Å². The molecule has 1 amide bonds. The number of amides is 1. The number of carbonyl (C=O) groups is 1. The minimum Gasteiger partial charge on any atom is -0.387 e. The van der Waals surface area contributed by atoms with Crippen molar-refractivity contribution < 1.29 is 19.7 Å². The number of nitrogens with zero attached hydrogens (tertiary/aromatic N) is 1. The zero-order valence-electron chi connectivity index (χ0n) is 17.7. The van der Waals surface area contributed by atoms with Crippen molar-refractivity contribution in [2.24, 2.45) is 0 Å². The highest BCUT2D eigenvalue weighted by atomic mass is 16.6. The zero-order valence-corrected chi connectivity index (χ0v) is 17.7. The van der Waals surface area contributed by atoms with Crippen LogP contribution in [0.2, 0.25) is 0 Å². The molecule has 0 spiro atoms. The largest absolute Gasteiger partial charge is 0.387 e. The van der Waals surface area contributed by atoms with Gasteiger partial charge in [0.15, 0.2) is 6.23 Å². The monoisotopic (exact) mass is 425 g/mol. The van der Waals surface area contributed by atoms with Gasteiger partial charge >= 0.3 is 5.69 Å². The molecule has 9 heteroatoms. The first-order chi connectivity index (χ1) is 14.4. The van der Waals surface area contributed by atoms with Crippen molar-refractivity contribution in [3.63, 3.8) is 0 Å². The fraction of sp³-hybridized carbons (Fsp3) is 0.762. The summed E-state index contributed by atoms with van der Waals surface area (Å²) in [6.45, 7) is 2.24. The summed E-state index contributed by atoms with van der Waals surface area (Å²) in [5.74, 6) is -0.132. The summed E-state index contributed by atoms with van der Waals surface area (Å²) < 4.78 is 6.58. The Morgan fingerprint density at radius 2 is 1.70 bits per heavy atom. The Labute approximate surface area is 176 Å². The molecule has 1 saturated heterocycles. The van der Waals surface area contributed by atoms with Crippen LogP contribution < -0.4 is 16.6 Å². The number of carbonyl (C=O) groups excluding carboxylic acids is 1. The lowest BCUT2D eigenvalue weighted by molar-refractivity contribution is -0.122. The molecule has 0 unspecified atom stereocenters. The molecule has 1 fully saturated rings. The van der Waals surface area contributed by atoms with Crippen LogP contribution in [0.5, 0.6) is 0 Å². The van der Waals surface area contributed by atoms with E-state index in [1.165, 1.54) is 44.7 Å². The Bertz CT molecular complexity index is 762. The number of nitrogens with one attached hydrogen (secondary N) is 2. The average Bonchev–Trinajstić information content (AvgIpc) is 2.99. The van der Waals surface area contributed by atoms with Crippen molar-refractivity contribution in [2.75, 3.05) is 6.54 Å². The van der Waals surface area contributed by atoms with Gasteiger partial charge in [-0.3, -0.25) is 19.1 Å². The van der Waals surface area contributed by atoms with Crippen LogP contribution in [-0.2, 0) is 9.53 Å². The molecule has 2 heterocycles. The van der Waals surface area contributed by atoms with E-state index in [-0.39, 0.29) is 12.5 Å². The first-order valence-electron chi connectivity index (χ1n) is 11.0. The van der Waals surface area contributed by atoms with Crippen LogP contribution in [0.1, 0.15) is 77.4 Å². The van der Waals surface area contributed by atoms with Gasteiger partial charge in [0.1, 0.15) is 18.3 Å². The van der Waals surface area contributed by atoms with E-state index in [0.29, 0.717) is 6.42 Å². The maximum atomic E-state index is 12.0. The predicted octanol–water partition coefficient (Wildman–Crippen LogP) is 1.19. The maximum absolute atomic E-state index is 12.0. The third kappa shape index (κ3) is 7.37. The number of rotatable bonds is 13. The van der Waals surface area contributed by atoms with Gasteiger partial charge in [-0.2, -0.15) is 0 Å². The first-order valence-corrected chi connectivity index (χ1v) is 11.0. The third-order valence-electron chi connectivity index (χ3n) is 5.47. The molecule has 170 valence electrons. The van der Waals surface area contributed by atoms with Crippen LogP contribution in [0.3, 0.4) is 0 Å². The van der Waals surface area contributed by atoms with Gasteiger partial charge in [0.05, 0.1) is 0 Å². The van der Waals surface area contributed by atoms with E-state index in [1.807, 2.05) is 0 Å². The van der Waals surface area contributed by atoms with E-state index >= 15 is 0 Å². The van der Waals surface area contributed by atoms with E-state index < -0.39 is 35.8 Å². The number of hydrogen-bond donors (Lipinski definition) is 4. The smallest absolute Gasteiger partial charge is 0.330 e. The first kappa shape index (κ1) is 24.3. The number of aromatic amines is 1. The molecule has 0 aliphatic carbocycles. The van der Waals surface area contributed by atoms with Crippen molar-refractivity contribution in [3.8, 4) is 0 Å². The topological polar surface area (TPSA) is 134 Å². The van der Waals surface area contributed by atoms with E-state index in [1.54, 1.807) is 0 Å². The standard InChI is InChI=1S/C21H35N3O6/c1-2-3-4-5-6-7-8-9-10-11-16(25)22-14-15-18(27)19(28)20(30-15)24-13-12-17(26)23-21(24)29/h12-13,15,18-20,27-28H,2-11,14H2,1H3,(H,22,25)(H,23,26,29)/t15-,18-,19+,20-/m1/s1. The van der Waals surface area contributed by atoms with Crippen LogP contribution >= 0.6 is 0 Å². The Hall–Kier alpha value is -1.97. The molecule has 0 aromatic carbocycles. The number of hydrogen-bond acceptors (Lipinski definition) is 6. The molecule has 1 aromatic heterocycles. The highest BCUT2D eigenvalue weighted by Gasteiger charge is 2.44. The van der Waals surface area contributed by atoms with Crippen LogP contribution in [0.25, 0.3) is 0 Å². The average molecular weight is 426 g/mol. The molecule has 4 N–H and O–H groups in total. The van der Waals surface area contributed by atoms with E-state index in [9.17, 15) is 24.6 Å². The zero-order chi connectivity index (χ0) is 21.9. The SMILES string of the molecule is CCCCCCCCCCCC(=O)NC[C@H]1O[C@@H](n2ccc(=O)[nH]c2=O)[C@@H](O)[C@@H]1O. The highest BCUT2D eigenvalue weighted by Crippen LogP contribution is 2.27. The minimum atomic E-state index is -1.35. The Kier molecular flexibility index (Phi) is 10.3. The second-order valence-corrected chi connectivity index (χ2v) is 7.95. The summed E-state index contributed by atoms with van der Waals surface area (Å²) >= 11 is 0. The molecule has 0 radical (unpaired) electrons. The Morgan fingerprint density at radius 1 is 1.07 bits per heavy atom. The molecule has 1 aliphatic heterocycles. The normalized spacial score (nSPS) is 23.6. The van der Waals surface area contributed by atoms with E-state index in [2.05, 4.69) is 17.2 Å². The van der Waals surface area contributed by atoms with Gasteiger partial charge in [-0.1, -0.05) is 58.3 Å². The van der Waals surface area contributed by atoms with Gasteiger partial charge in [0, 0.05) is 25.2 Å². The third-order valence-corrected chi connectivity index (χ3v) is 5.47. The Balaban J connectivity index is 1.66. The van der Waals surface area contributed by atoms with Gasteiger partial charge in [-0.15, -0.1) is 0 Å². The lowest BCUT2D eigenvalue weighted by atomic mass is 10.1. The molecule has 0 saturated carbocycles. The fourth-order valence-corrected chi connectivity index (χ4v) is 3.65. The van der Waals surface area contributed by atoms with Crippen molar-refractivity contribution in [1.29, 1.82) is 0 Å². The van der Waals surface area contributed by atoms with Crippen molar-refractivity contribution in [2.45, 2.75) is 95.7 Å². The second-order valence-electron chi connectivity index (χ2n) is 7.95. The van der Waals surface area contributed by atoms with E-state index in [4.69, 9.17) is 4.74 Å². The van der Waals surface area contributed by atoms with Crippen LogP contribution in [0.4, 0.5) is 0 Å². The summed E-state index contributed by atoms with van der Waals surface area (Å²) in [4.78, 5) is 37.2. The van der Waals surface area contributed by atoms with Gasteiger partial charge < -0.3 is 20.3 Å². The second kappa shape index (κ2) is 12.7. The van der Waals surface area contributed by atoms with Crippen molar-refractivity contribution >= 4 is 5.91 Å². The molecule has 4 atom stereocenters. The van der Waals surface area contributed by atoms with Gasteiger partial charge in [-0.05, 0) is 6.42 Å². The molecule has 9 nitrogen and oxygen atoms in total. The quantitative estimate of drug-likeness (QED) is 0.351. The number of unbranched alkanes of at least 4 members (excludes halogenated alkanes) is 8. The lowest BCUT2D eigenvalue weighted by Crippen LogP contribution is -2.40. The maximum Gasteiger partial charge on any atom is 0.330 e. The van der Waals surface area contributed by atoms with Gasteiger partial charge in [0.2, 0.25) is 5.91 Å². The van der Waals surface area contributed by atoms with Crippen LogP contribution in [0, 0.1) is 0 Å². The lowest BCUT2D eigenvalue weighted by Gasteiger charge is -2.16. The van der Waals surface area contributed by atoms with Crippen molar-refractivity contribution in [3.05, 3.63) is 33.1 Å². The molecular formula is C21H35N3O6. The number of aliphatic hydroxyl groups is 2. The van der Waals surface area contributed by atoms with Gasteiger partial charge in [-0.25, -0.2) is 4.79 Å². The number of aromatic nitrogens is 2. The van der Waals surface area contributed by atoms with Crippen LogP contribution in [0.15, 0.2) is 21.9 Å². The predicted molar refractivity (Wildman–Crippen MR) is 112 cm³/mol. The van der Waals surface area contributed by atoms with Gasteiger partial charge in [0.25, 0.3) is 5.56 Å². The molecular weight excluding hydrogens is 390 g/mol. The number of ether oxygens (including phenoxy) is 1. The highest BCUT2D eigenvalue weighted by molar-refractivity contribution is 5.75. The number of H-pyrrole nitrogens is 1. The minimum absolute atomic E-state index is 0.0308. The van der Waals surface area contributed by atoms with Crippen LogP contribution in [-0.4, -0.2) is 50.5 Å². The molecule has 2 rings (SSSR count). The summed E-state index contributed by atoms with van der Waals surface area (Å²) in [6, 6.07) is 1.13. The summed E-state index contributed by atoms with van der Waals surface area (Å²) in [6.07, 6.45) is 7.57. The van der Waals surface area contributed by atoms with E-state index in [0.717, 1.165) is 29.9 Å². The molecule has 1 aromatic rings.